The fraction of sp³-hybridized carbons (Fsp3) is 0.833. The molecular formula is C12H24N4. The van der Waals surface area contributed by atoms with E-state index in [0.29, 0.717) is 12.5 Å². The summed E-state index contributed by atoms with van der Waals surface area (Å²) < 4.78 is 2.18. The third kappa shape index (κ3) is 2.82. The van der Waals surface area contributed by atoms with Crippen LogP contribution in [0.25, 0.3) is 0 Å². The molecule has 0 aliphatic carbocycles. The van der Waals surface area contributed by atoms with E-state index < -0.39 is 0 Å². The van der Waals surface area contributed by atoms with E-state index >= 15 is 0 Å². The molecule has 0 aliphatic heterocycles. The first kappa shape index (κ1) is 13.2. The summed E-state index contributed by atoms with van der Waals surface area (Å²) in [4.78, 5) is 0. The summed E-state index contributed by atoms with van der Waals surface area (Å²) in [5.74, 6) is 2.57. The summed E-state index contributed by atoms with van der Waals surface area (Å²) in [6.07, 6.45) is 2.13. The molecule has 0 amide bonds. The molecule has 2 N–H and O–H groups in total. The van der Waals surface area contributed by atoms with Crippen LogP contribution in [0.5, 0.6) is 0 Å². The maximum atomic E-state index is 5.70. The van der Waals surface area contributed by atoms with Crippen LogP contribution in [0.1, 0.15) is 52.7 Å². The molecule has 4 nitrogen and oxygen atoms in total. The van der Waals surface area contributed by atoms with Crippen LogP contribution in [-0.2, 0) is 18.5 Å². The summed E-state index contributed by atoms with van der Waals surface area (Å²) >= 11 is 0. The number of rotatable bonds is 4. The Bertz CT molecular complexity index is 335. The Kier molecular flexibility index (Phi) is 4.08. The van der Waals surface area contributed by atoms with Crippen LogP contribution in [0, 0.1) is 5.92 Å². The second-order valence-corrected chi connectivity index (χ2v) is 5.46. The quantitative estimate of drug-likeness (QED) is 0.852. The van der Waals surface area contributed by atoms with Crippen LogP contribution in [0.3, 0.4) is 0 Å². The number of aromatic nitrogens is 3. The smallest absolute Gasteiger partial charge is 0.147 e. The van der Waals surface area contributed by atoms with Crippen molar-refractivity contribution in [1.29, 1.82) is 0 Å². The third-order valence-electron chi connectivity index (χ3n) is 2.88. The maximum Gasteiger partial charge on any atom is 0.147 e. The highest BCUT2D eigenvalue weighted by Crippen LogP contribution is 2.20. The van der Waals surface area contributed by atoms with Gasteiger partial charge in [-0.1, -0.05) is 20.3 Å². The Morgan fingerprint density at radius 1 is 1.25 bits per heavy atom. The molecule has 1 heterocycles. The van der Waals surface area contributed by atoms with Gasteiger partial charge in [-0.15, -0.1) is 10.2 Å². The lowest BCUT2D eigenvalue weighted by Crippen LogP contribution is -2.28. The Morgan fingerprint density at radius 3 is 2.25 bits per heavy atom. The molecule has 92 valence electrons. The van der Waals surface area contributed by atoms with Gasteiger partial charge in [-0.3, -0.25) is 0 Å². The van der Waals surface area contributed by atoms with Gasteiger partial charge in [0.2, 0.25) is 0 Å². The van der Waals surface area contributed by atoms with Crippen LogP contribution in [-0.4, -0.2) is 14.8 Å². The average molecular weight is 224 g/mol. The van der Waals surface area contributed by atoms with Crippen LogP contribution in [0.4, 0.5) is 0 Å². The minimum atomic E-state index is 0.000990. The zero-order chi connectivity index (χ0) is 12.3. The van der Waals surface area contributed by atoms with Gasteiger partial charge in [-0.2, -0.15) is 0 Å². The lowest BCUT2D eigenvalue weighted by molar-refractivity contribution is 0.360. The molecule has 1 unspecified atom stereocenters. The van der Waals surface area contributed by atoms with Crippen LogP contribution >= 0.6 is 0 Å². The molecular weight excluding hydrogens is 200 g/mol. The zero-order valence-corrected chi connectivity index (χ0v) is 11.1. The fourth-order valence-corrected chi connectivity index (χ4v) is 1.85. The van der Waals surface area contributed by atoms with Gasteiger partial charge < -0.3 is 10.3 Å². The van der Waals surface area contributed by atoms with Crippen molar-refractivity contribution in [3.05, 3.63) is 11.6 Å². The van der Waals surface area contributed by atoms with E-state index in [0.717, 1.165) is 24.5 Å². The van der Waals surface area contributed by atoms with Crippen molar-refractivity contribution in [3.8, 4) is 0 Å². The summed E-state index contributed by atoms with van der Waals surface area (Å²) in [5, 5.41) is 8.45. The first-order valence-electron chi connectivity index (χ1n) is 6.03. The van der Waals surface area contributed by atoms with Gasteiger partial charge in [-0.25, -0.2) is 0 Å². The van der Waals surface area contributed by atoms with E-state index in [1.165, 1.54) is 0 Å². The Balaban J connectivity index is 3.05. The largest absolute Gasteiger partial charge is 0.324 e. The van der Waals surface area contributed by atoms with Gasteiger partial charge in [0, 0.05) is 12.0 Å². The molecule has 0 saturated carbocycles. The first-order chi connectivity index (χ1) is 7.40. The Morgan fingerprint density at radius 2 is 1.81 bits per heavy atom. The standard InChI is InChI=1S/C12H24N4/c1-6-9(2)7-10-14-15-11(8-13)16(10)12(3,4)5/h9H,6-8,13H2,1-5H3. The lowest BCUT2D eigenvalue weighted by atomic mass is 10.0. The molecule has 0 saturated heterocycles. The average Bonchev–Trinajstić information content (AvgIpc) is 2.60. The highest BCUT2D eigenvalue weighted by Gasteiger charge is 2.22. The molecule has 0 bridgehead atoms. The zero-order valence-electron chi connectivity index (χ0n) is 11.1. The third-order valence-corrected chi connectivity index (χ3v) is 2.88. The van der Waals surface area contributed by atoms with Crippen LogP contribution in [0.15, 0.2) is 0 Å². The second-order valence-electron chi connectivity index (χ2n) is 5.46. The Labute approximate surface area is 98.2 Å². The van der Waals surface area contributed by atoms with Crippen LogP contribution < -0.4 is 5.73 Å². The van der Waals surface area contributed by atoms with Crippen molar-refractivity contribution >= 4 is 0 Å². The van der Waals surface area contributed by atoms with Crippen molar-refractivity contribution < 1.29 is 0 Å². The molecule has 16 heavy (non-hydrogen) atoms. The van der Waals surface area contributed by atoms with Gasteiger partial charge >= 0.3 is 0 Å². The van der Waals surface area contributed by atoms with Crippen molar-refractivity contribution in [2.75, 3.05) is 0 Å². The van der Waals surface area contributed by atoms with Gasteiger partial charge in [0.05, 0.1) is 6.54 Å². The van der Waals surface area contributed by atoms with E-state index in [9.17, 15) is 0 Å². The fourth-order valence-electron chi connectivity index (χ4n) is 1.85. The predicted molar refractivity (Wildman–Crippen MR) is 66.1 cm³/mol. The van der Waals surface area contributed by atoms with Crippen molar-refractivity contribution in [2.24, 2.45) is 11.7 Å². The maximum absolute atomic E-state index is 5.70. The van der Waals surface area contributed by atoms with Crippen molar-refractivity contribution in [2.45, 2.75) is 59.5 Å². The van der Waals surface area contributed by atoms with Crippen molar-refractivity contribution in [1.82, 2.24) is 14.8 Å². The molecule has 0 aromatic carbocycles. The Hall–Kier alpha value is -0.900. The monoisotopic (exact) mass is 224 g/mol. The number of nitrogens with zero attached hydrogens (tertiary/aromatic N) is 3. The molecule has 1 atom stereocenters. The van der Waals surface area contributed by atoms with E-state index in [1.807, 2.05) is 0 Å². The normalized spacial score (nSPS) is 14.1. The van der Waals surface area contributed by atoms with Gasteiger partial charge in [0.1, 0.15) is 11.6 Å². The molecule has 0 spiro atoms. The molecule has 1 aromatic heterocycles. The summed E-state index contributed by atoms with van der Waals surface area (Å²) in [6, 6.07) is 0. The highest BCUT2D eigenvalue weighted by molar-refractivity contribution is 5.01. The number of nitrogens with two attached hydrogens (primary N) is 1. The summed E-state index contributed by atoms with van der Waals surface area (Å²) in [7, 11) is 0. The first-order valence-corrected chi connectivity index (χ1v) is 6.03. The van der Waals surface area contributed by atoms with E-state index in [4.69, 9.17) is 5.73 Å². The second kappa shape index (κ2) is 4.95. The van der Waals surface area contributed by atoms with E-state index in [-0.39, 0.29) is 5.54 Å². The SMILES string of the molecule is CCC(C)Cc1nnc(CN)n1C(C)(C)C. The van der Waals surface area contributed by atoms with Gasteiger partial charge in [0.15, 0.2) is 0 Å². The summed E-state index contributed by atoms with van der Waals surface area (Å²) in [6.45, 7) is 11.4. The summed E-state index contributed by atoms with van der Waals surface area (Å²) in [5.41, 5.74) is 5.70. The molecule has 0 aliphatic rings. The number of hydrogen-bond acceptors (Lipinski definition) is 3. The van der Waals surface area contributed by atoms with Crippen molar-refractivity contribution in [3.63, 3.8) is 0 Å². The molecule has 1 aromatic rings. The minimum Gasteiger partial charge on any atom is -0.324 e. The lowest BCUT2D eigenvalue weighted by Gasteiger charge is -2.25. The molecule has 4 heteroatoms. The molecule has 0 fully saturated rings. The highest BCUT2D eigenvalue weighted by atomic mass is 15.3. The van der Waals surface area contributed by atoms with E-state index in [2.05, 4.69) is 49.4 Å². The molecule has 1 rings (SSSR count). The van der Waals surface area contributed by atoms with Crippen LogP contribution in [0.2, 0.25) is 0 Å². The predicted octanol–water partition coefficient (Wildman–Crippen LogP) is 2.08. The minimum absolute atomic E-state index is 0.000990. The molecule has 0 radical (unpaired) electrons. The van der Waals surface area contributed by atoms with Gasteiger partial charge in [0.25, 0.3) is 0 Å². The van der Waals surface area contributed by atoms with E-state index in [1.54, 1.807) is 0 Å². The topological polar surface area (TPSA) is 56.7 Å². The van der Waals surface area contributed by atoms with Gasteiger partial charge in [-0.05, 0) is 26.7 Å². The number of hydrogen-bond donors (Lipinski definition) is 1.